The summed E-state index contributed by atoms with van der Waals surface area (Å²) in [6, 6.07) is 4.93. The van der Waals surface area contributed by atoms with Gasteiger partial charge in [-0.2, -0.15) is 4.80 Å². The molecule has 1 aromatic carbocycles. The van der Waals surface area contributed by atoms with Crippen LogP contribution in [-0.2, 0) is 0 Å². The lowest BCUT2D eigenvalue weighted by atomic mass is 10.0. The number of nitrogens with zero attached hydrogens (tertiary/aromatic N) is 5. The molecule has 0 aliphatic rings. The minimum atomic E-state index is -0.275. The highest BCUT2D eigenvalue weighted by atomic mass is 79.9. The van der Waals surface area contributed by atoms with Crippen LogP contribution in [0.4, 0.5) is 4.39 Å². The first kappa shape index (κ1) is 15.1. The number of rotatable bonds is 5. The molecule has 2 aromatic rings. The lowest BCUT2D eigenvalue weighted by Crippen LogP contribution is -2.21. The van der Waals surface area contributed by atoms with E-state index in [1.54, 1.807) is 23.9 Å². The summed E-state index contributed by atoms with van der Waals surface area (Å²) in [4.78, 5) is 3.69. The lowest BCUT2D eigenvalue weighted by Gasteiger charge is -2.19. The van der Waals surface area contributed by atoms with E-state index in [1.165, 1.54) is 6.07 Å². The standard InChI is InChI=1S/C13H17BrFN5/c1-9-16-18-20(17-9)13(6-7-19(2)3)10-4-5-12(15)11(14)8-10/h4-5,8,13H,6-7H2,1-3H3. The number of halogens is 2. The second-order valence-electron chi connectivity index (χ2n) is 4.94. The van der Waals surface area contributed by atoms with Gasteiger partial charge in [-0.3, -0.25) is 0 Å². The molecule has 0 aliphatic heterocycles. The minimum Gasteiger partial charge on any atom is -0.309 e. The highest BCUT2D eigenvalue weighted by molar-refractivity contribution is 9.10. The molecular weight excluding hydrogens is 325 g/mol. The molecule has 2 rings (SSSR count). The second-order valence-corrected chi connectivity index (χ2v) is 5.79. The fraction of sp³-hybridized carbons (Fsp3) is 0.462. The van der Waals surface area contributed by atoms with Crippen molar-refractivity contribution >= 4 is 15.9 Å². The maximum absolute atomic E-state index is 13.4. The van der Waals surface area contributed by atoms with Gasteiger partial charge in [0.05, 0.1) is 10.5 Å². The SMILES string of the molecule is Cc1nnn(C(CCN(C)C)c2ccc(F)c(Br)c2)n1. The Morgan fingerprint density at radius 2 is 2.15 bits per heavy atom. The van der Waals surface area contributed by atoms with Crippen LogP contribution in [0.3, 0.4) is 0 Å². The normalized spacial score (nSPS) is 12.9. The van der Waals surface area contributed by atoms with Crippen LogP contribution in [0, 0.1) is 12.7 Å². The molecule has 0 radical (unpaired) electrons. The van der Waals surface area contributed by atoms with Gasteiger partial charge in [0, 0.05) is 0 Å². The Hall–Kier alpha value is -1.34. The first-order valence-electron chi connectivity index (χ1n) is 6.33. The average Bonchev–Trinajstić information content (AvgIpc) is 2.80. The molecule has 1 aromatic heterocycles. The molecule has 0 aliphatic carbocycles. The summed E-state index contributed by atoms with van der Waals surface area (Å²) in [6.45, 7) is 2.67. The zero-order chi connectivity index (χ0) is 14.7. The Morgan fingerprint density at radius 1 is 1.40 bits per heavy atom. The molecule has 7 heteroatoms. The maximum Gasteiger partial charge on any atom is 0.171 e. The Morgan fingerprint density at radius 3 is 2.70 bits per heavy atom. The van der Waals surface area contributed by atoms with Crippen LogP contribution in [-0.4, -0.2) is 45.7 Å². The maximum atomic E-state index is 13.4. The first-order chi connectivity index (χ1) is 9.47. The molecule has 0 spiro atoms. The Labute approximate surface area is 125 Å². The molecule has 1 unspecified atom stereocenters. The van der Waals surface area contributed by atoms with Gasteiger partial charge in [-0.15, -0.1) is 10.2 Å². The Bertz CT molecular complexity index is 584. The molecule has 108 valence electrons. The van der Waals surface area contributed by atoms with Crippen molar-refractivity contribution in [2.75, 3.05) is 20.6 Å². The fourth-order valence-electron chi connectivity index (χ4n) is 1.95. The van der Waals surface area contributed by atoms with E-state index in [-0.39, 0.29) is 11.9 Å². The molecule has 0 amide bonds. The third-order valence-electron chi connectivity index (χ3n) is 2.99. The van der Waals surface area contributed by atoms with Crippen molar-refractivity contribution < 1.29 is 4.39 Å². The van der Waals surface area contributed by atoms with E-state index in [0.29, 0.717) is 10.3 Å². The smallest absolute Gasteiger partial charge is 0.171 e. The van der Waals surface area contributed by atoms with Gasteiger partial charge in [-0.05, 0) is 72.8 Å². The summed E-state index contributed by atoms with van der Waals surface area (Å²) in [5, 5.41) is 12.3. The van der Waals surface area contributed by atoms with E-state index in [4.69, 9.17) is 0 Å². The van der Waals surface area contributed by atoms with Gasteiger partial charge < -0.3 is 4.90 Å². The molecule has 20 heavy (non-hydrogen) atoms. The van der Waals surface area contributed by atoms with Gasteiger partial charge in [0.15, 0.2) is 5.82 Å². The zero-order valence-electron chi connectivity index (χ0n) is 11.7. The van der Waals surface area contributed by atoms with Crippen molar-refractivity contribution in [1.29, 1.82) is 0 Å². The average molecular weight is 342 g/mol. The molecule has 1 heterocycles. The molecule has 0 saturated carbocycles. The van der Waals surface area contributed by atoms with Crippen LogP contribution in [0.2, 0.25) is 0 Å². The third kappa shape index (κ3) is 3.61. The minimum absolute atomic E-state index is 0.0597. The van der Waals surface area contributed by atoms with Crippen LogP contribution >= 0.6 is 15.9 Å². The van der Waals surface area contributed by atoms with Gasteiger partial charge in [0.2, 0.25) is 0 Å². The van der Waals surface area contributed by atoms with E-state index < -0.39 is 0 Å². The molecular formula is C13H17BrFN5. The van der Waals surface area contributed by atoms with E-state index in [2.05, 4.69) is 36.2 Å². The molecule has 5 nitrogen and oxygen atoms in total. The zero-order valence-corrected chi connectivity index (χ0v) is 13.3. The molecule has 0 saturated heterocycles. The predicted molar refractivity (Wildman–Crippen MR) is 78.0 cm³/mol. The Kier molecular flexibility index (Phi) is 4.82. The summed E-state index contributed by atoms with van der Waals surface area (Å²) >= 11 is 3.22. The number of aromatic nitrogens is 4. The summed E-state index contributed by atoms with van der Waals surface area (Å²) in [5.41, 5.74) is 0.956. The number of hydrogen-bond acceptors (Lipinski definition) is 4. The third-order valence-corrected chi connectivity index (χ3v) is 3.59. The first-order valence-corrected chi connectivity index (χ1v) is 7.12. The molecule has 0 N–H and O–H groups in total. The number of hydrogen-bond donors (Lipinski definition) is 0. The van der Waals surface area contributed by atoms with Gasteiger partial charge >= 0.3 is 0 Å². The number of benzene rings is 1. The summed E-state index contributed by atoms with van der Waals surface area (Å²) in [7, 11) is 4.02. The van der Waals surface area contributed by atoms with E-state index >= 15 is 0 Å². The largest absolute Gasteiger partial charge is 0.309 e. The van der Waals surface area contributed by atoms with Gasteiger partial charge in [-0.1, -0.05) is 6.07 Å². The molecule has 0 fully saturated rings. The van der Waals surface area contributed by atoms with Crippen molar-refractivity contribution in [1.82, 2.24) is 25.1 Å². The predicted octanol–water partition coefficient (Wildman–Crippen LogP) is 2.42. The van der Waals surface area contributed by atoms with Gasteiger partial charge in [0.25, 0.3) is 0 Å². The van der Waals surface area contributed by atoms with E-state index in [0.717, 1.165) is 18.5 Å². The van der Waals surface area contributed by atoms with Crippen molar-refractivity contribution in [2.24, 2.45) is 0 Å². The van der Waals surface area contributed by atoms with Crippen LogP contribution in [0.15, 0.2) is 22.7 Å². The van der Waals surface area contributed by atoms with Crippen LogP contribution < -0.4 is 0 Å². The van der Waals surface area contributed by atoms with Gasteiger partial charge in [0.1, 0.15) is 5.82 Å². The van der Waals surface area contributed by atoms with Crippen LogP contribution in [0.1, 0.15) is 23.9 Å². The quantitative estimate of drug-likeness (QED) is 0.837. The van der Waals surface area contributed by atoms with Crippen molar-refractivity contribution in [3.8, 4) is 0 Å². The van der Waals surface area contributed by atoms with Crippen molar-refractivity contribution in [2.45, 2.75) is 19.4 Å². The van der Waals surface area contributed by atoms with E-state index in [9.17, 15) is 4.39 Å². The Balaban J connectivity index is 2.32. The lowest BCUT2D eigenvalue weighted by molar-refractivity contribution is 0.339. The number of aryl methyl sites for hydroxylation is 1. The van der Waals surface area contributed by atoms with Crippen molar-refractivity contribution in [3.63, 3.8) is 0 Å². The van der Waals surface area contributed by atoms with Crippen LogP contribution in [0.25, 0.3) is 0 Å². The second kappa shape index (κ2) is 6.41. The van der Waals surface area contributed by atoms with Crippen molar-refractivity contribution in [3.05, 3.63) is 39.9 Å². The molecule has 0 bridgehead atoms. The molecule has 1 atom stereocenters. The topological polar surface area (TPSA) is 46.8 Å². The van der Waals surface area contributed by atoms with E-state index in [1.807, 2.05) is 14.1 Å². The highest BCUT2D eigenvalue weighted by Crippen LogP contribution is 2.25. The highest BCUT2D eigenvalue weighted by Gasteiger charge is 2.18. The summed E-state index contributed by atoms with van der Waals surface area (Å²) in [5.74, 6) is 0.351. The van der Waals surface area contributed by atoms with Gasteiger partial charge in [-0.25, -0.2) is 4.39 Å². The fourth-order valence-corrected chi connectivity index (χ4v) is 2.34. The monoisotopic (exact) mass is 341 g/mol. The summed E-state index contributed by atoms with van der Waals surface area (Å²) in [6.07, 6.45) is 0.820. The number of tetrazole rings is 1. The summed E-state index contributed by atoms with van der Waals surface area (Å²) < 4.78 is 13.8. The van der Waals surface area contributed by atoms with Crippen LogP contribution in [0.5, 0.6) is 0 Å².